The molecule has 0 radical (unpaired) electrons. The Kier molecular flexibility index (Phi) is 4.95. The van der Waals surface area contributed by atoms with Gasteiger partial charge in [0.15, 0.2) is 5.11 Å². The van der Waals surface area contributed by atoms with E-state index in [-0.39, 0.29) is 5.11 Å². The van der Waals surface area contributed by atoms with Crippen molar-refractivity contribution in [3.8, 4) is 22.4 Å². The van der Waals surface area contributed by atoms with Gasteiger partial charge >= 0.3 is 0 Å². The number of aromatic nitrogens is 1. The van der Waals surface area contributed by atoms with Crippen LogP contribution >= 0.6 is 12.2 Å². The Morgan fingerprint density at radius 3 is 2.12 bits per heavy atom. The molecule has 0 amide bonds. The van der Waals surface area contributed by atoms with E-state index < -0.39 is 0 Å². The molecule has 4 nitrogen and oxygen atoms in total. The van der Waals surface area contributed by atoms with Gasteiger partial charge in [0, 0.05) is 16.8 Å². The third kappa shape index (κ3) is 3.61. The number of aromatic amines is 1. The van der Waals surface area contributed by atoms with Crippen LogP contribution in [0, 0.1) is 6.92 Å². The molecule has 4 N–H and O–H groups in total. The molecule has 5 heteroatoms. The zero-order valence-corrected chi connectivity index (χ0v) is 15.0. The minimum atomic E-state index is 0.150. The van der Waals surface area contributed by atoms with Crippen molar-refractivity contribution in [2.45, 2.75) is 13.8 Å². The summed E-state index contributed by atoms with van der Waals surface area (Å²) < 4.78 is 0. The van der Waals surface area contributed by atoms with Crippen LogP contribution in [0.1, 0.15) is 18.2 Å². The van der Waals surface area contributed by atoms with Crippen LogP contribution < -0.4 is 11.2 Å². The molecule has 1 aromatic heterocycles. The first kappa shape index (κ1) is 16.9. The minimum Gasteiger partial charge on any atom is -0.375 e. The smallest absolute Gasteiger partial charge is 0.184 e. The van der Waals surface area contributed by atoms with Crippen LogP contribution in [0.2, 0.25) is 0 Å². The molecule has 3 aromatic rings. The second-order valence-corrected chi connectivity index (χ2v) is 6.22. The Morgan fingerprint density at radius 1 is 1.00 bits per heavy atom. The summed E-state index contributed by atoms with van der Waals surface area (Å²) in [6, 6.07) is 20.6. The lowest BCUT2D eigenvalue weighted by Crippen LogP contribution is -2.25. The van der Waals surface area contributed by atoms with Gasteiger partial charge in [0.1, 0.15) is 0 Å². The summed E-state index contributed by atoms with van der Waals surface area (Å²) in [5.74, 6) is 0. The second-order valence-electron chi connectivity index (χ2n) is 5.78. The summed E-state index contributed by atoms with van der Waals surface area (Å²) in [5, 5.41) is 4.48. The van der Waals surface area contributed by atoms with Crippen molar-refractivity contribution in [1.82, 2.24) is 10.4 Å². The standard InChI is InChI=1S/C20H20N4S/c1-13-17(14(2)23-24-20(21)25)18(15-9-5-3-6-10-15)19(22-13)16-11-7-4-8-12-16/h3-12,22H,1-2H3,(H3,21,24,25). The Morgan fingerprint density at radius 2 is 1.56 bits per heavy atom. The number of benzene rings is 2. The van der Waals surface area contributed by atoms with Crippen LogP contribution in [-0.2, 0) is 0 Å². The second kappa shape index (κ2) is 7.32. The summed E-state index contributed by atoms with van der Waals surface area (Å²) >= 11 is 4.86. The predicted molar refractivity (Wildman–Crippen MR) is 109 cm³/mol. The number of nitrogens with zero attached hydrogens (tertiary/aromatic N) is 1. The quantitative estimate of drug-likeness (QED) is 0.376. The summed E-state index contributed by atoms with van der Waals surface area (Å²) in [6.07, 6.45) is 0. The lowest BCUT2D eigenvalue weighted by molar-refractivity contribution is 1.03. The number of rotatable bonds is 4. The summed E-state index contributed by atoms with van der Waals surface area (Å²) in [6.45, 7) is 4.00. The molecule has 0 unspecified atom stereocenters. The number of hydrogen-bond donors (Lipinski definition) is 3. The molecule has 0 fully saturated rings. The molecule has 2 aromatic carbocycles. The van der Waals surface area contributed by atoms with Crippen molar-refractivity contribution >= 4 is 23.0 Å². The van der Waals surface area contributed by atoms with Crippen LogP contribution in [0.5, 0.6) is 0 Å². The Bertz CT molecular complexity index is 912. The summed E-state index contributed by atoms with van der Waals surface area (Å²) in [7, 11) is 0. The minimum absolute atomic E-state index is 0.150. The third-order valence-corrected chi connectivity index (χ3v) is 4.10. The van der Waals surface area contributed by atoms with E-state index in [0.29, 0.717) is 0 Å². The molecule has 3 rings (SSSR count). The Balaban J connectivity index is 2.23. The highest BCUT2D eigenvalue weighted by molar-refractivity contribution is 7.80. The number of thiocarbonyl (C=S) groups is 1. The lowest BCUT2D eigenvalue weighted by Gasteiger charge is -2.09. The van der Waals surface area contributed by atoms with Gasteiger partial charge in [-0.2, -0.15) is 5.10 Å². The number of hydrogen-bond acceptors (Lipinski definition) is 2. The molecule has 25 heavy (non-hydrogen) atoms. The molecule has 0 bridgehead atoms. The van der Waals surface area contributed by atoms with E-state index in [4.69, 9.17) is 18.0 Å². The van der Waals surface area contributed by atoms with Gasteiger partial charge in [0.05, 0.1) is 11.4 Å². The van der Waals surface area contributed by atoms with E-state index in [1.165, 1.54) is 0 Å². The van der Waals surface area contributed by atoms with Gasteiger partial charge < -0.3 is 10.7 Å². The zero-order chi connectivity index (χ0) is 17.8. The fraction of sp³-hybridized carbons (Fsp3) is 0.100. The first-order valence-electron chi connectivity index (χ1n) is 8.01. The van der Waals surface area contributed by atoms with Crippen LogP contribution in [0.4, 0.5) is 0 Å². The first-order chi connectivity index (χ1) is 12.1. The van der Waals surface area contributed by atoms with Gasteiger partial charge in [-0.25, -0.2) is 0 Å². The summed E-state index contributed by atoms with van der Waals surface area (Å²) in [5.41, 5.74) is 15.6. The van der Waals surface area contributed by atoms with Crippen molar-refractivity contribution in [3.05, 3.63) is 71.9 Å². The molecule has 0 saturated carbocycles. The number of aryl methyl sites for hydroxylation is 1. The van der Waals surface area contributed by atoms with Gasteiger partial charge in [-0.05, 0) is 37.2 Å². The normalized spacial score (nSPS) is 11.4. The van der Waals surface area contributed by atoms with Crippen LogP contribution in [0.3, 0.4) is 0 Å². The number of nitrogens with one attached hydrogen (secondary N) is 2. The Labute approximate surface area is 152 Å². The molecule has 0 aliphatic carbocycles. The van der Waals surface area contributed by atoms with Crippen LogP contribution in [0.15, 0.2) is 65.8 Å². The largest absolute Gasteiger partial charge is 0.375 e. The van der Waals surface area contributed by atoms with Crippen molar-refractivity contribution in [3.63, 3.8) is 0 Å². The van der Waals surface area contributed by atoms with Gasteiger partial charge in [-0.3, -0.25) is 5.43 Å². The molecule has 1 heterocycles. The monoisotopic (exact) mass is 348 g/mol. The number of H-pyrrole nitrogens is 1. The van der Waals surface area contributed by atoms with Crippen molar-refractivity contribution in [2.24, 2.45) is 10.8 Å². The average molecular weight is 348 g/mol. The fourth-order valence-electron chi connectivity index (χ4n) is 2.99. The Hall–Kier alpha value is -2.92. The third-order valence-electron chi connectivity index (χ3n) is 4.01. The lowest BCUT2D eigenvalue weighted by atomic mass is 9.95. The first-order valence-corrected chi connectivity index (χ1v) is 8.42. The highest BCUT2D eigenvalue weighted by Gasteiger charge is 2.19. The van der Waals surface area contributed by atoms with Crippen molar-refractivity contribution < 1.29 is 0 Å². The van der Waals surface area contributed by atoms with Gasteiger partial charge in [0.2, 0.25) is 0 Å². The van der Waals surface area contributed by atoms with Gasteiger partial charge in [-0.15, -0.1) is 0 Å². The number of hydrazone groups is 1. The van der Waals surface area contributed by atoms with Crippen LogP contribution in [0.25, 0.3) is 22.4 Å². The highest BCUT2D eigenvalue weighted by atomic mass is 32.1. The number of nitrogens with two attached hydrogens (primary N) is 1. The predicted octanol–water partition coefficient (Wildman–Crippen LogP) is 4.21. The van der Waals surface area contributed by atoms with Crippen LogP contribution in [-0.4, -0.2) is 15.8 Å². The van der Waals surface area contributed by atoms with E-state index in [1.54, 1.807) is 0 Å². The molecule has 0 atom stereocenters. The van der Waals surface area contributed by atoms with Crippen molar-refractivity contribution in [1.29, 1.82) is 0 Å². The maximum absolute atomic E-state index is 5.51. The van der Waals surface area contributed by atoms with E-state index in [2.05, 4.69) is 39.8 Å². The summed E-state index contributed by atoms with van der Waals surface area (Å²) in [4.78, 5) is 3.52. The SMILES string of the molecule is CC(=NNC(N)=S)c1c(C)[nH]c(-c2ccccc2)c1-c1ccccc1. The van der Waals surface area contributed by atoms with E-state index in [1.807, 2.05) is 50.2 Å². The molecule has 126 valence electrons. The van der Waals surface area contributed by atoms with E-state index in [9.17, 15) is 0 Å². The van der Waals surface area contributed by atoms with Gasteiger partial charge in [0.25, 0.3) is 0 Å². The molecular weight excluding hydrogens is 328 g/mol. The van der Waals surface area contributed by atoms with E-state index >= 15 is 0 Å². The van der Waals surface area contributed by atoms with E-state index in [0.717, 1.165) is 39.4 Å². The van der Waals surface area contributed by atoms with Crippen molar-refractivity contribution in [2.75, 3.05) is 0 Å². The molecule has 0 aliphatic heterocycles. The van der Waals surface area contributed by atoms with Gasteiger partial charge in [-0.1, -0.05) is 60.7 Å². The molecule has 0 spiro atoms. The topological polar surface area (TPSA) is 66.2 Å². The molecule has 0 aliphatic rings. The zero-order valence-electron chi connectivity index (χ0n) is 14.2. The maximum atomic E-state index is 5.51. The maximum Gasteiger partial charge on any atom is 0.184 e. The molecule has 0 saturated heterocycles. The highest BCUT2D eigenvalue weighted by Crippen LogP contribution is 2.36. The fourth-order valence-corrected chi connectivity index (χ4v) is 3.03. The molecular formula is C20H20N4S. The average Bonchev–Trinajstić information content (AvgIpc) is 2.98.